The standard InChI is InChI=1S/C15H27N3O/c1-15(2,3)13-6-4-12(5-7-13)10-16-9-8-14-17-11-19-18-14/h11-13,16H,4-10H2,1-3H3. The monoisotopic (exact) mass is 265 g/mol. The Balaban J connectivity index is 1.58. The smallest absolute Gasteiger partial charge is 0.213 e. The molecule has 0 saturated heterocycles. The zero-order valence-electron chi connectivity index (χ0n) is 12.5. The van der Waals surface area contributed by atoms with Crippen molar-refractivity contribution in [2.24, 2.45) is 17.3 Å². The van der Waals surface area contributed by atoms with Crippen molar-refractivity contribution in [3.05, 3.63) is 12.2 Å². The summed E-state index contributed by atoms with van der Waals surface area (Å²) in [5, 5.41) is 7.34. The lowest BCUT2D eigenvalue weighted by atomic mass is 9.70. The Hall–Kier alpha value is -0.900. The molecule has 0 aliphatic heterocycles. The van der Waals surface area contributed by atoms with Gasteiger partial charge in [-0.15, -0.1) is 0 Å². The molecule has 108 valence electrons. The number of nitrogens with zero attached hydrogens (tertiary/aromatic N) is 2. The van der Waals surface area contributed by atoms with Crippen LogP contribution >= 0.6 is 0 Å². The fraction of sp³-hybridized carbons (Fsp3) is 0.867. The zero-order chi connectivity index (χ0) is 13.7. The lowest BCUT2D eigenvalue weighted by Crippen LogP contribution is -2.31. The van der Waals surface area contributed by atoms with Gasteiger partial charge in [-0.05, 0) is 49.5 Å². The highest BCUT2D eigenvalue weighted by molar-refractivity contribution is 4.82. The molecule has 0 aromatic carbocycles. The van der Waals surface area contributed by atoms with E-state index in [4.69, 9.17) is 4.52 Å². The third kappa shape index (κ3) is 4.60. The van der Waals surface area contributed by atoms with Gasteiger partial charge in [0.2, 0.25) is 6.39 Å². The molecule has 2 rings (SSSR count). The van der Waals surface area contributed by atoms with Gasteiger partial charge in [0.25, 0.3) is 0 Å². The number of hydrogen-bond acceptors (Lipinski definition) is 4. The third-order valence-electron chi connectivity index (χ3n) is 4.44. The number of aromatic nitrogens is 2. The molecule has 1 aromatic rings. The average molecular weight is 265 g/mol. The van der Waals surface area contributed by atoms with E-state index in [-0.39, 0.29) is 0 Å². The maximum Gasteiger partial charge on any atom is 0.213 e. The summed E-state index contributed by atoms with van der Waals surface area (Å²) in [4.78, 5) is 4.02. The van der Waals surface area contributed by atoms with E-state index in [0.29, 0.717) is 5.41 Å². The molecular formula is C15H27N3O. The molecule has 0 amide bonds. The summed E-state index contributed by atoms with van der Waals surface area (Å²) >= 11 is 0. The van der Waals surface area contributed by atoms with Crippen LogP contribution in [0.1, 0.15) is 52.3 Å². The molecule has 0 atom stereocenters. The second-order valence-electron chi connectivity index (χ2n) is 6.89. The van der Waals surface area contributed by atoms with Crippen LogP contribution < -0.4 is 5.32 Å². The summed E-state index contributed by atoms with van der Waals surface area (Å²) in [6.45, 7) is 9.21. The average Bonchev–Trinajstić information content (AvgIpc) is 2.87. The lowest BCUT2D eigenvalue weighted by Gasteiger charge is -2.37. The van der Waals surface area contributed by atoms with E-state index in [1.807, 2.05) is 0 Å². The minimum Gasteiger partial charge on any atom is -0.343 e. The number of nitrogens with one attached hydrogen (secondary N) is 1. The molecule has 0 unspecified atom stereocenters. The van der Waals surface area contributed by atoms with Gasteiger partial charge in [0, 0.05) is 13.0 Å². The second kappa shape index (κ2) is 6.51. The minimum atomic E-state index is 0.483. The van der Waals surface area contributed by atoms with Gasteiger partial charge < -0.3 is 9.84 Å². The largest absolute Gasteiger partial charge is 0.343 e. The molecule has 19 heavy (non-hydrogen) atoms. The first kappa shape index (κ1) is 14.5. The van der Waals surface area contributed by atoms with Gasteiger partial charge in [0.1, 0.15) is 0 Å². The normalized spacial score (nSPS) is 24.6. The number of rotatable bonds is 5. The second-order valence-corrected chi connectivity index (χ2v) is 6.89. The van der Waals surface area contributed by atoms with E-state index < -0.39 is 0 Å². The van der Waals surface area contributed by atoms with Crippen LogP contribution in [0.2, 0.25) is 0 Å². The van der Waals surface area contributed by atoms with Gasteiger partial charge in [-0.3, -0.25) is 0 Å². The van der Waals surface area contributed by atoms with Crippen LogP contribution in [-0.4, -0.2) is 23.2 Å². The Bertz CT molecular complexity index is 348. The SMILES string of the molecule is CC(C)(C)C1CCC(CNCCc2ncon2)CC1. The summed E-state index contributed by atoms with van der Waals surface area (Å²) in [5.74, 6) is 2.55. The first-order valence-corrected chi connectivity index (χ1v) is 7.51. The molecule has 1 aromatic heterocycles. The van der Waals surface area contributed by atoms with E-state index in [0.717, 1.165) is 37.2 Å². The quantitative estimate of drug-likeness (QED) is 0.831. The third-order valence-corrected chi connectivity index (χ3v) is 4.44. The van der Waals surface area contributed by atoms with E-state index in [1.54, 1.807) is 0 Å². The fourth-order valence-electron chi connectivity index (χ4n) is 3.04. The van der Waals surface area contributed by atoms with Crippen LogP contribution in [0.25, 0.3) is 0 Å². The van der Waals surface area contributed by atoms with Gasteiger partial charge in [-0.25, -0.2) is 0 Å². The van der Waals surface area contributed by atoms with Gasteiger partial charge in [0.15, 0.2) is 5.82 Å². The van der Waals surface area contributed by atoms with Crippen LogP contribution in [0.3, 0.4) is 0 Å². The van der Waals surface area contributed by atoms with Crippen molar-refractivity contribution in [1.82, 2.24) is 15.5 Å². The summed E-state index contributed by atoms with van der Waals surface area (Å²) in [6.07, 6.45) is 7.77. The van der Waals surface area contributed by atoms with Gasteiger partial charge in [0.05, 0.1) is 0 Å². The van der Waals surface area contributed by atoms with Gasteiger partial charge >= 0.3 is 0 Å². The topological polar surface area (TPSA) is 51.0 Å². The Morgan fingerprint density at radius 1 is 1.26 bits per heavy atom. The van der Waals surface area contributed by atoms with Crippen LogP contribution in [0.5, 0.6) is 0 Å². The van der Waals surface area contributed by atoms with Crippen molar-refractivity contribution >= 4 is 0 Å². The van der Waals surface area contributed by atoms with Crippen molar-refractivity contribution in [3.8, 4) is 0 Å². The summed E-state index contributed by atoms with van der Waals surface area (Å²) in [7, 11) is 0. The zero-order valence-corrected chi connectivity index (χ0v) is 12.5. The number of hydrogen-bond donors (Lipinski definition) is 1. The molecule has 1 heterocycles. The Morgan fingerprint density at radius 2 is 2.00 bits per heavy atom. The highest BCUT2D eigenvalue weighted by Crippen LogP contribution is 2.39. The summed E-state index contributed by atoms with van der Waals surface area (Å²) in [5.41, 5.74) is 0.483. The van der Waals surface area contributed by atoms with Crippen molar-refractivity contribution in [2.45, 2.75) is 52.9 Å². The Kier molecular flexibility index (Phi) is 4.97. The van der Waals surface area contributed by atoms with Gasteiger partial charge in [-0.1, -0.05) is 25.9 Å². The van der Waals surface area contributed by atoms with E-state index in [2.05, 4.69) is 36.2 Å². The highest BCUT2D eigenvalue weighted by atomic mass is 16.5. The Labute approximate surface area is 116 Å². The van der Waals surface area contributed by atoms with Crippen molar-refractivity contribution in [1.29, 1.82) is 0 Å². The highest BCUT2D eigenvalue weighted by Gasteiger charge is 2.29. The van der Waals surface area contributed by atoms with Crippen LogP contribution in [-0.2, 0) is 6.42 Å². The van der Waals surface area contributed by atoms with Crippen molar-refractivity contribution < 1.29 is 4.52 Å². The molecule has 1 aliphatic carbocycles. The van der Waals surface area contributed by atoms with E-state index >= 15 is 0 Å². The molecule has 0 radical (unpaired) electrons. The molecule has 0 spiro atoms. The van der Waals surface area contributed by atoms with Crippen molar-refractivity contribution in [3.63, 3.8) is 0 Å². The molecule has 1 saturated carbocycles. The van der Waals surface area contributed by atoms with Crippen LogP contribution in [0.15, 0.2) is 10.9 Å². The lowest BCUT2D eigenvalue weighted by molar-refractivity contribution is 0.149. The van der Waals surface area contributed by atoms with Crippen molar-refractivity contribution in [2.75, 3.05) is 13.1 Å². The predicted octanol–water partition coefficient (Wildman–Crippen LogP) is 3.05. The Morgan fingerprint density at radius 3 is 2.58 bits per heavy atom. The van der Waals surface area contributed by atoms with Crippen LogP contribution in [0, 0.1) is 17.3 Å². The molecule has 0 bridgehead atoms. The summed E-state index contributed by atoms with van der Waals surface area (Å²) < 4.78 is 4.72. The van der Waals surface area contributed by atoms with E-state index in [1.165, 1.54) is 32.1 Å². The molecule has 4 nitrogen and oxygen atoms in total. The molecule has 1 aliphatic rings. The molecular weight excluding hydrogens is 238 g/mol. The fourth-order valence-corrected chi connectivity index (χ4v) is 3.04. The van der Waals surface area contributed by atoms with Crippen LogP contribution in [0.4, 0.5) is 0 Å². The summed E-state index contributed by atoms with van der Waals surface area (Å²) in [6, 6.07) is 0. The molecule has 1 fully saturated rings. The molecule has 4 heteroatoms. The predicted molar refractivity (Wildman–Crippen MR) is 75.8 cm³/mol. The molecule has 1 N–H and O–H groups in total. The maximum absolute atomic E-state index is 4.72. The first-order valence-electron chi connectivity index (χ1n) is 7.51. The van der Waals surface area contributed by atoms with E-state index in [9.17, 15) is 0 Å². The first-order chi connectivity index (χ1) is 9.05. The van der Waals surface area contributed by atoms with Gasteiger partial charge in [-0.2, -0.15) is 4.98 Å². The minimum absolute atomic E-state index is 0.483. The maximum atomic E-state index is 4.72.